The normalized spacial score (nSPS) is 23.6. The second-order valence-electron chi connectivity index (χ2n) is 9.30. The number of aliphatic hydroxyl groups is 1. The Morgan fingerprint density at radius 2 is 1.97 bits per heavy atom. The van der Waals surface area contributed by atoms with Crippen LogP contribution in [0.15, 0.2) is 60.3 Å². The molecule has 5 rings (SSSR count). The standard InChI is InChI=1S/C27H27FN2O3/c1-26-16-19-17-29-30(22-9-7-21(28)8-10-22)24(19)15-20(26)12-14-27(26,32)13-11-18-5-3-4-6-23(18)25(31)33-2/h3-10,15,17,32H,11-14,16H2,1-2H3. The Morgan fingerprint density at radius 3 is 2.73 bits per heavy atom. The molecule has 2 atom stereocenters. The third-order valence-electron chi connectivity index (χ3n) is 7.59. The number of esters is 1. The first-order chi connectivity index (χ1) is 15.8. The van der Waals surface area contributed by atoms with Crippen molar-refractivity contribution in [3.8, 4) is 5.69 Å². The van der Waals surface area contributed by atoms with E-state index in [2.05, 4.69) is 18.1 Å². The van der Waals surface area contributed by atoms with Gasteiger partial charge in [-0.05, 0) is 79.6 Å². The first-order valence-corrected chi connectivity index (χ1v) is 11.3. The lowest BCUT2D eigenvalue weighted by molar-refractivity contribution is -0.0462. The van der Waals surface area contributed by atoms with Crippen molar-refractivity contribution in [1.29, 1.82) is 0 Å². The van der Waals surface area contributed by atoms with Gasteiger partial charge in [-0.15, -0.1) is 0 Å². The van der Waals surface area contributed by atoms with Crippen LogP contribution in [0.4, 0.5) is 4.39 Å². The Balaban J connectivity index is 1.42. The number of fused-ring (bicyclic) bond motifs is 2. The van der Waals surface area contributed by atoms with E-state index in [4.69, 9.17) is 4.74 Å². The molecule has 33 heavy (non-hydrogen) atoms. The van der Waals surface area contributed by atoms with Gasteiger partial charge in [-0.25, -0.2) is 13.9 Å². The van der Waals surface area contributed by atoms with Crippen molar-refractivity contribution in [2.45, 2.75) is 44.6 Å². The lowest BCUT2D eigenvalue weighted by atomic mass is 9.65. The number of aromatic nitrogens is 2. The van der Waals surface area contributed by atoms with Crippen LogP contribution in [0.25, 0.3) is 11.8 Å². The average molecular weight is 447 g/mol. The molecule has 1 saturated carbocycles. The maximum Gasteiger partial charge on any atom is 0.338 e. The van der Waals surface area contributed by atoms with Crippen LogP contribution in [0.1, 0.15) is 53.4 Å². The van der Waals surface area contributed by atoms with Gasteiger partial charge in [0.15, 0.2) is 0 Å². The van der Waals surface area contributed by atoms with Crippen LogP contribution >= 0.6 is 0 Å². The Kier molecular flexibility index (Phi) is 5.20. The summed E-state index contributed by atoms with van der Waals surface area (Å²) in [6, 6.07) is 13.7. The summed E-state index contributed by atoms with van der Waals surface area (Å²) >= 11 is 0. The zero-order valence-electron chi connectivity index (χ0n) is 18.8. The number of aryl methyl sites for hydroxylation is 1. The van der Waals surface area contributed by atoms with Gasteiger partial charge in [0.05, 0.1) is 35.9 Å². The summed E-state index contributed by atoms with van der Waals surface area (Å²) in [5.74, 6) is -0.633. The lowest BCUT2D eigenvalue weighted by Gasteiger charge is -2.42. The van der Waals surface area contributed by atoms with Crippen molar-refractivity contribution in [2.24, 2.45) is 5.41 Å². The maximum atomic E-state index is 13.4. The molecule has 2 unspecified atom stereocenters. The van der Waals surface area contributed by atoms with Crippen LogP contribution in [0, 0.1) is 11.2 Å². The SMILES string of the molecule is COC(=O)c1ccccc1CCC1(O)CCC2=Cc3c(cnn3-c3ccc(F)cc3)CC21C. The van der Waals surface area contributed by atoms with Crippen LogP contribution in [0.2, 0.25) is 0 Å². The van der Waals surface area contributed by atoms with Crippen molar-refractivity contribution < 1.29 is 19.0 Å². The predicted molar refractivity (Wildman–Crippen MR) is 124 cm³/mol. The Hall–Kier alpha value is -3.25. The zero-order chi connectivity index (χ0) is 23.2. The molecular formula is C27H27FN2O3. The summed E-state index contributed by atoms with van der Waals surface area (Å²) in [4.78, 5) is 12.2. The summed E-state index contributed by atoms with van der Waals surface area (Å²) in [7, 11) is 1.38. The molecule has 2 aliphatic carbocycles. The maximum absolute atomic E-state index is 13.4. The van der Waals surface area contributed by atoms with Gasteiger partial charge in [0, 0.05) is 5.41 Å². The van der Waals surface area contributed by atoms with E-state index in [1.165, 1.54) is 24.8 Å². The number of halogens is 1. The van der Waals surface area contributed by atoms with E-state index in [0.29, 0.717) is 31.2 Å². The topological polar surface area (TPSA) is 64.3 Å². The largest absolute Gasteiger partial charge is 0.465 e. The van der Waals surface area contributed by atoms with E-state index < -0.39 is 11.0 Å². The van der Waals surface area contributed by atoms with Crippen molar-refractivity contribution in [2.75, 3.05) is 7.11 Å². The highest BCUT2D eigenvalue weighted by molar-refractivity contribution is 5.91. The Morgan fingerprint density at radius 1 is 1.21 bits per heavy atom. The zero-order valence-corrected chi connectivity index (χ0v) is 18.8. The number of hydrogen-bond donors (Lipinski definition) is 1. The predicted octanol–water partition coefficient (Wildman–Crippen LogP) is 4.90. The summed E-state index contributed by atoms with van der Waals surface area (Å²) in [6.45, 7) is 2.14. The molecule has 1 fully saturated rings. The molecule has 0 amide bonds. The fourth-order valence-corrected chi connectivity index (χ4v) is 5.51. The molecule has 0 aliphatic heterocycles. The summed E-state index contributed by atoms with van der Waals surface area (Å²) in [5, 5.41) is 16.4. The van der Waals surface area contributed by atoms with Gasteiger partial charge < -0.3 is 9.84 Å². The van der Waals surface area contributed by atoms with Gasteiger partial charge in [0.2, 0.25) is 0 Å². The number of ether oxygens (including phenoxy) is 1. The summed E-state index contributed by atoms with van der Waals surface area (Å²) in [6.07, 6.45) is 7.30. The molecular weight excluding hydrogens is 419 g/mol. The van der Waals surface area contributed by atoms with Crippen molar-refractivity contribution >= 4 is 12.0 Å². The van der Waals surface area contributed by atoms with Crippen LogP contribution in [-0.2, 0) is 17.6 Å². The molecule has 2 aliphatic rings. The third-order valence-corrected chi connectivity index (χ3v) is 7.59. The minimum absolute atomic E-state index is 0.277. The van der Waals surface area contributed by atoms with E-state index in [1.807, 2.05) is 29.1 Å². The molecule has 6 heteroatoms. The molecule has 1 N–H and O–H groups in total. The summed E-state index contributed by atoms with van der Waals surface area (Å²) < 4.78 is 20.1. The average Bonchev–Trinajstić information content (AvgIpc) is 3.34. The smallest absolute Gasteiger partial charge is 0.338 e. The van der Waals surface area contributed by atoms with E-state index >= 15 is 0 Å². The second-order valence-corrected chi connectivity index (χ2v) is 9.30. The molecule has 170 valence electrons. The first-order valence-electron chi connectivity index (χ1n) is 11.3. The third kappa shape index (κ3) is 3.49. The first kappa shape index (κ1) is 21.6. The Bertz CT molecular complexity index is 1250. The number of hydrogen-bond acceptors (Lipinski definition) is 4. The quantitative estimate of drug-likeness (QED) is 0.566. The fourth-order valence-electron chi connectivity index (χ4n) is 5.51. The molecule has 0 saturated heterocycles. The van der Waals surface area contributed by atoms with Gasteiger partial charge in [0.25, 0.3) is 0 Å². The van der Waals surface area contributed by atoms with Gasteiger partial charge in [-0.2, -0.15) is 5.10 Å². The highest BCUT2D eigenvalue weighted by Crippen LogP contribution is 2.56. The van der Waals surface area contributed by atoms with E-state index in [9.17, 15) is 14.3 Å². The molecule has 2 aromatic carbocycles. The fraction of sp³-hybridized carbons (Fsp3) is 0.333. The van der Waals surface area contributed by atoms with E-state index in [-0.39, 0.29) is 11.8 Å². The number of carbonyl (C=O) groups is 1. The highest BCUT2D eigenvalue weighted by atomic mass is 19.1. The Labute approximate surface area is 192 Å². The minimum atomic E-state index is -0.891. The number of methoxy groups -OCH3 is 1. The van der Waals surface area contributed by atoms with E-state index in [0.717, 1.165) is 28.9 Å². The van der Waals surface area contributed by atoms with Gasteiger partial charge in [-0.3, -0.25) is 0 Å². The van der Waals surface area contributed by atoms with Gasteiger partial charge in [0.1, 0.15) is 5.82 Å². The number of rotatable bonds is 5. The van der Waals surface area contributed by atoms with Crippen LogP contribution in [0.3, 0.4) is 0 Å². The molecule has 3 aromatic rings. The molecule has 1 heterocycles. The van der Waals surface area contributed by atoms with Crippen LogP contribution in [-0.4, -0.2) is 33.6 Å². The van der Waals surface area contributed by atoms with Crippen molar-refractivity contribution in [1.82, 2.24) is 9.78 Å². The molecule has 0 spiro atoms. The highest BCUT2D eigenvalue weighted by Gasteiger charge is 2.54. The summed E-state index contributed by atoms with van der Waals surface area (Å²) in [5.41, 5.74) is 4.23. The molecule has 0 radical (unpaired) electrons. The number of benzene rings is 2. The van der Waals surface area contributed by atoms with Crippen LogP contribution < -0.4 is 0 Å². The molecule has 5 nitrogen and oxygen atoms in total. The minimum Gasteiger partial charge on any atom is -0.465 e. The van der Waals surface area contributed by atoms with E-state index in [1.54, 1.807) is 18.2 Å². The number of carbonyl (C=O) groups excluding carboxylic acids is 1. The molecule has 0 bridgehead atoms. The molecule has 1 aromatic heterocycles. The number of nitrogens with zero attached hydrogens (tertiary/aromatic N) is 2. The lowest BCUT2D eigenvalue weighted by Crippen LogP contribution is -2.45. The van der Waals surface area contributed by atoms with Gasteiger partial charge >= 0.3 is 5.97 Å². The van der Waals surface area contributed by atoms with Crippen molar-refractivity contribution in [3.63, 3.8) is 0 Å². The second kappa shape index (κ2) is 7.96. The van der Waals surface area contributed by atoms with Gasteiger partial charge in [-0.1, -0.05) is 30.7 Å². The van der Waals surface area contributed by atoms with Crippen molar-refractivity contribution in [3.05, 3.63) is 88.5 Å². The monoisotopic (exact) mass is 446 g/mol. The van der Waals surface area contributed by atoms with Crippen LogP contribution in [0.5, 0.6) is 0 Å².